The fourth-order valence-electron chi connectivity index (χ4n) is 4.11. The van der Waals surface area contributed by atoms with Crippen LogP contribution in [0.3, 0.4) is 0 Å². The lowest BCUT2D eigenvalue weighted by Crippen LogP contribution is -2.45. The van der Waals surface area contributed by atoms with Crippen LogP contribution in [0.25, 0.3) is 0 Å². The molecule has 3 atom stereocenters. The van der Waals surface area contributed by atoms with Crippen LogP contribution in [0, 0.1) is 0 Å². The Kier molecular flexibility index (Phi) is 8.65. The molecule has 1 saturated heterocycles. The van der Waals surface area contributed by atoms with E-state index in [9.17, 15) is 19.2 Å². The molecule has 2 aromatic carbocycles. The fourth-order valence-corrected chi connectivity index (χ4v) is 4.11. The second kappa shape index (κ2) is 11.4. The summed E-state index contributed by atoms with van der Waals surface area (Å²) in [6.45, 7) is 12.1. The SMILES string of the molecule is C[C@H](C(=O)O[C@@H]1C[C@@H](C(=O)OC(C)(C)C)N(C(=O)OC(C)(C)C)C1)c1cccc(C(=O)c2ccccc2)c1. The third kappa shape index (κ3) is 7.66. The van der Waals surface area contributed by atoms with Gasteiger partial charge in [-0.25, -0.2) is 9.59 Å². The number of hydrogen-bond donors (Lipinski definition) is 0. The summed E-state index contributed by atoms with van der Waals surface area (Å²) in [7, 11) is 0. The molecule has 1 heterocycles. The molecule has 0 aliphatic carbocycles. The van der Waals surface area contributed by atoms with E-state index in [-0.39, 0.29) is 18.7 Å². The third-order valence-corrected chi connectivity index (χ3v) is 5.89. The molecule has 1 amide bonds. The summed E-state index contributed by atoms with van der Waals surface area (Å²) in [5.41, 5.74) is 0.141. The molecule has 8 heteroatoms. The minimum atomic E-state index is -0.941. The highest BCUT2D eigenvalue weighted by molar-refractivity contribution is 6.09. The fraction of sp³-hybridized carbons (Fsp3) is 0.467. The second-order valence-electron chi connectivity index (χ2n) is 11.5. The molecule has 3 rings (SSSR count). The molecule has 0 bridgehead atoms. The third-order valence-electron chi connectivity index (χ3n) is 5.89. The molecule has 0 aromatic heterocycles. The summed E-state index contributed by atoms with van der Waals surface area (Å²) < 4.78 is 16.7. The first kappa shape index (κ1) is 28.9. The number of carbonyl (C=O) groups excluding carboxylic acids is 4. The number of benzene rings is 2. The second-order valence-corrected chi connectivity index (χ2v) is 11.5. The minimum absolute atomic E-state index is 0.00379. The Balaban J connectivity index is 1.73. The van der Waals surface area contributed by atoms with Crippen LogP contribution in [0.15, 0.2) is 54.6 Å². The van der Waals surface area contributed by atoms with Crippen molar-refractivity contribution in [3.05, 3.63) is 71.3 Å². The van der Waals surface area contributed by atoms with Gasteiger partial charge in [0.1, 0.15) is 23.3 Å². The molecule has 0 N–H and O–H groups in total. The highest BCUT2D eigenvalue weighted by Gasteiger charge is 2.45. The van der Waals surface area contributed by atoms with Crippen molar-refractivity contribution in [1.82, 2.24) is 4.90 Å². The maximum absolute atomic E-state index is 13.1. The van der Waals surface area contributed by atoms with Crippen LogP contribution in [0.2, 0.25) is 0 Å². The lowest BCUT2D eigenvalue weighted by molar-refractivity contribution is -0.160. The molecule has 1 aliphatic rings. The van der Waals surface area contributed by atoms with Gasteiger partial charge >= 0.3 is 18.0 Å². The van der Waals surface area contributed by atoms with Crippen LogP contribution in [-0.4, -0.2) is 58.6 Å². The molecule has 0 saturated carbocycles. The van der Waals surface area contributed by atoms with E-state index >= 15 is 0 Å². The topological polar surface area (TPSA) is 99.2 Å². The number of hydrogen-bond acceptors (Lipinski definition) is 7. The van der Waals surface area contributed by atoms with E-state index in [1.807, 2.05) is 6.07 Å². The standard InChI is InChI=1S/C30H37NO7/c1-19(21-14-11-15-22(16-21)25(32)20-12-9-8-10-13-20)26(33)36-23-17-24(27(34)37-29(2,3)4)31(18-23)28(35)38-30(5,6)7/h8-16,19,23-24H,17-18H2,1-7H3/t19-,23+,24-/m0/s1. The molecule has 38 heavy (non-hydrogen) atoms. The van der Waals surface area contributed by atoms with Gasteiger partial charge in [-0.2, -0.15) is 0 Å². The minimum Gasteiger partial charge on any atom is -0.460 e. The van der Waals surface area contributed by atoms with Crippen LogP contribution >= 0.6 is 0 Å². The van der Waals surface area contributed by atoms with Gasteiger partial charge in [-0.1, -0.05) is 48.5 Å². The van der Waals surface area contributed by atoms with Crippen LogP contribution in [-0.2, 0) is 23.8 Å². The lowest BCUT2D eigenvalue weighted by atomic mass is 9.96. The Morgan fingerprint density at radius 2 is 1.45 bits per heavy atom. The number of carbonyl (C=O) groups is 4. The summed E-state index contributed by atoms with van der Waals surface area (Å²) in [5, 5.41) is 0. The number of amides is 1. The quantitative estimate of drug-likeness (QED) is 0.288. The predicted octanol–water partition coefficient (Wildman–Crippen LogP) is 5.28. The van der Waals surface area contributed by atoms with Gasteiger partial charge in [-0.15, -0.1) is 0 Å². The van der Waals surface area contributed by atoms with E-state index in [1.165, 1.54) is 4.90 Å². The van der Waals surface area contributed by atoms with Crippen LogP contribution in [0.4, 0.5) is 4.79 Å². The predicted molar refractivity (Wildman–Crippen MR) is 142 cm³/mol. The van der Waals surface area contributed by atoms with E-state index < -0.39 is 47.3 Å². The first-order chi connectivity index (χ1) is 17.6. The van der Waals surface area contributed by atoms with E-state index in [0.717, 1.165) is 0 Å². The van der Waals surface area contributed by atoms with Gasteiger partial charge in [-0.3, -0.25) is 14.5 Å². The van der Waals surface area contributed by atoms with Crippen LogP contribution in [0.5, 0.6) is 0 Å². The summed E-state index contributed by atoms with van der Waals surface area (Å²) in [5.74, 6) is -1.92. The molecular weight excluding hydrogens is 486 g/mol. The van der Waals surface area contributed by atoms with Crippen molar-refractivity contribution in [2.24, 2.45) is 0 Å². The summed E-state index contributed by atoms with van der Waals surface area (Å²) in [6.07, 6.45) is -1.30. The number of rotatable bonds is 6. The van der Waals surface area contributed by atoms with Crippen molar-refractivity contribution >= 4 is 23.8 Å². The summed E-state index contributed by atoms with van der Waals surface area (Å²) in [4.78, 5) is 53.0. The van der Waals surface area contributed by atoms with Crippen LogP contribution in [0.1, 0.15) is 82.3 Å². The maximum Gasteiger partial charge on any atom is 0.411 e. The Morgan fingerprint density at radius 1 is 0.842 bits per heavy atom. The summed E-state index contributed by atoms with van der Waals surface area (Å²) >= 11 is 0. The average Bonchev–Trinajstić information content (AvgIpc) is 3.26. The molecule has 0 radical (unpaired) electrons. The van der Waals surface area contributed by atoms with E-state index in [2.05, 4.69) is 0 Å². The van der Waals surface area contributed by atoms with E-state index in [1.54, 1.807) is 97.0 Å². The zero-order valence-electron chi connectivity index (χ0n) is 23.1. The van der Waals surface area contributed by atoms with Crippen molar-refractivity contribution in [3.63, 3.8) is 0 Å². The highest BCUT2D eigenvalue weighted by atomic mass is 16.6. The number of esters is 2. The smallest absolute Gasteiger partial charge is 0.411 e. The van der Waals surface area contributed by atoms with Gasteiger partial charge in [0.15, 0.2) is 5.78 Å². The van der Waals surface area contributed by atoms with E-state index in [4.69, 9.17) is 14.2 Å². The van der Waals surface area contributed by atoms with Crippen molar-refractivity contribution in [1.29, 1.82) is 0 Å². The van der Waals surface area contributed by atoms with Crippen molar-refractivity contribution in [2.75, 3.05) is 6.54 Å². The van der Waals surface area contributed by atoms with Gasteiger partial charge in [0.05, 0.1) is 12.5 Å². The number of nitrogens with zero attached hydrogens (tertiary/aromatic N) is 1. The number of likely N-dealkylation sites (tertiary alicyclic amines) is 1. The highest BCUT2D eigenvalue weighted by Crippen LogP contribution is 2.28. The van der Waals surface area contributed by atoms with Gasteiger partial charge in [0, 0.05) is 17.5 Å². The largest absolute Gasteiger partial charge is 0.460 e. The Labute approximate surface area is 224 Å². The molecule has 204 valence electrons. The van der Waals surface area contributed by atoms with Crippen molar-refractivity contribution in [2.45, 2.75) is 84.2 Å². The Morgan fingerprint density at radius 3 is 2.05 bits per heavy atom. The zero-order valence-corrected chi connectivity index (χ0v) is 23.1. The van der Waals surface area contributed by atoms with Crippen molar-refractivity contribution in [3.8, 4) is 0 Å². The average molecular weight is 524 g/mol. The molecule has 8 nitrogen and oxygen atoms in total. The lowest BCUT2D eigenvalue weighted by Gasteiger charge is -2.29. The molecule has 1 fully saturated rings. The normalized spacial score (nSPS) is 18.4. The Hall–Kier alpha value is -3.68. The number of ketones is 1. The molecule has 2 aromatic rings. The molecule has 0 unspecified atom stereocenters. The van der Waals surface area contributed by atoms with Gasteiger partial charge in [0.25, 0.3) is 0 Å². The molecule has 0 spiro atoms. The maximum atomic E-state index is 13.1. The molecule has 1 aliphatic heterocycles. The molecular formula is C30H37NO7. The Bertz CT molecular complexity index is 1140. The van der Waals surface area contributed by atoms with Gasteiger partial charge < -0.3 is 14.2 Å². The zero-order chi connectivity index (χ0) is 28.3. The number of ether oxygens (including phenoxy) is 3. The van der Waals surface area contributed by atoms with E-state index in [0.29, 0.717) is 16.7 Å². The van der Waals surface area contributed by atoms with Crippen LogP contribution < -0.4 is 0 Å². The first-order valence-corrected chi connectivity index (χ1v) is 12.8. The first-order valence-electron chi connectivity index (χ1n) is 12.8. The monoisotopic (exact) mass is 523 g/mol. The van der Waals surface area contributed by atoms with Gasteiger partial charge in [0.2, 0.25) is 0 Å². The summed E-state index contributed by atoms with van der Waals surface area (Å²) in [6, 6.07) is 14.9. The van der Waals surface area contributed by atoms with Gasteiger partial charge in [-0.05, 0) is 60.1 Å². The van der Waals surface area contributed by atoms with Crippen molar-refractivity contribution < 1.29 is 33.4 Å².